The van der Waals surface area contributed by atoms with Crippen molar-refractivity contribution in [2.75, 3.05) is 19.6 Å². The van der Waals surface area contributed by atoms with E-state index in [1.165, 1.54) is 16.3 Å². The molecule has 2 fully saturated rings. The van der Waals surface area contributed by atoms with Crippen LogP contribution in [0.3, 0.4) is 0 Å². The van der Waals surface area contributed by atoms with Gasteiger partial charge in [-0.05, 0) is 81.7 Å². The molecule has 3 aliphatic heterocycles. The molecule has 2 saturated heterocycles. The number of fused-ring (bicyclic) bond motifs is 1. The third-order valence-electron chi connectivity index (χ3n) is 10.6. The molecule has 1 aromatic heterocycles. The molecule has 4 aromatic rings. The number of amides is 2. The minimum Gasteiger partial charge on any atom is -0.340 e. The van der Waals surface area contributed by atoms with E-state index in [-0.39, 0.29) is 30.1 Å². The Bertz CT molecular complexity index is 1890. The molecule has 2 N–H and O–H groups in total. The number of imidazole rings is 1. The van der Waals surface area contributed by atoms with Crippen molar-refractivity contribution in [3.8, 4) is 22.4 Å². The van der Waals surface area contributed by atoms with E-state index in [1.54, 1.807) is 0 Å². The largest absolute Gasteiger partial charge is 0.340 e. The Labute approximate surface area is 296 Å². The Hall–Kier alpha value is -4.30. The smallest absolute Gasteiger partial charge is 0.223 e. The lowest BCUT2D eigenvalue weighted by molar-refractivity contribution is -0.134. The van der Waals surface area contributed by atoms with Gasteiger partial charge in [-0.25, -0.2) is 4.98 Å². The zero-order chi connectivity index (χ0) is 35.1. The van der Waals surface area contributed by atoms with Crippen molar-refractivity contribution in [1.82, 2.24) is 25.1 Å². The second-order valence-corrected chi connectivity index (χ2v) is 16.0. The van der Waals surface area contributed by atoms with Crippen molar-refractivity contribution in [3.63, 3.8) is 0 Å². The summed E-state index contributed by atoms with van der Waals surface area (Å²) < 4.78 is 0. The fourth-order valence-corrected chi connectivity index (χ4v) is 8.14. The molecule has 3 aliphatic rings. The van der Waals surface area contributed by atoms with Crippen molar-refractivity contribution < 1.29 is 9.59 Å². The van der Waals surface area contributed by atoms with Gasteiger partial charge in [0, 0.05) is 32.5 Å². The zero-order valence-corrected chi connectivity index (χ0v) is 30.4. The third-order valence-corrected chi connectivity index (χ3v) is 10.6. The van der Waals surface area contributed by atoms with Crippen LogP contribution in [-0.4, -0.2) is 69.1 Å². The highest BCUT2D eigenvalue weighted by atomic mass is 16.2. The molecule has 0 aliphatic carbocycles. The molecule has 5 unspecified atom stereocenters. The van der Waals surface area contributed by atoms with Gasteiger partial charge >= 0.3 is 0 Å². The first-order chi connectivity index (χ1) is 24.0. The summed E-state index contributed by atoms with van der Waals surface area (Å²) in [6.07, 6.45) is 4.93. The summed E-state index contributed by atoms with van der Waals surface area (Å²) in [4.78, 5) is 43.5. The lowest BCUT2D eigenvalue weighted by Gasteiger charge is -2.28. The summed E-state index contributed by atoms with van der Waals surface area (Å²) in [5.74, 6) is 3.00. The highest BCUT2D eigenvalue weighted by Crippen LogP contribution is 2.36. The lowest BCUT2D eigenvalue weighted by atomic mass is 9.98. The normalized spacial score (nSPS) is 23.8. The second kappa shape index (κ2) is 14.1. The molecule has 262 valence electrons. The number of likely N-dealkylation sites (tertiary alicyclic amines) is 2. The molecule has 3 aromatic carbocycles. The van der Waals surface area contributed by atoms with Gasteiger partial charge in [0.25, 0.3) is 0 Å². The molecule has 0 spiro atoms. The number of nitrogens with one attached hydrogen (secondary N) is 2. The number of hydrogen-bond acceptors (Lipinski definition) is 5. The highest BCUT2D eigenvalue weighted by molar-refractivity contribution is 6.06. The van der Waals surface area contributed by atoms with Crippen LogP contribution in [0, 0.1) is 23.7 Å². The maximum Gasteiger partial charge on any atom is 0.223 e. The van der Waals surface area contributed by atoms with Gasteiger partial charge in [0.15, 0.2) is 0 Å². The van der Waals surface area contributed by atoms with E-state index >= 15 is 0 Å². The number of H-pyrrole nitrogens is 1. The minimum atomic E-state index is -0.0551. The van der Waals surface area contributed by atoms with Gasteiger partial charge in [0.05, 0.1) is 29.7 Å². The minimum absolute atomic E-state index is 0.00697. The van der Waals surface area contributed by atoms with Crippen LogP contribution in [0.4, 0.5) is 0 Å². The maximum atomic E-state index is 13.0. The first kappa shape index (κ1) is 34.2. The molecular weight excluding hydrogens is 621 g/mol. The Morgan fingerprint density at radius 2 is 1.34 bits per heavy atom. The van der Waals surface area contributed by atoms with Gasteiger partial charge in [-0.3, -0.25) is 19.9 Å². The summed E-state index contributed by atoms with van der Waals surface area (Å²) in [5, 5.41) is 5.98. The van der Waals surface area contributed by atoms with Crippen molar-refractivity contribution in [2.24, 2.45) is 28.7 Å². The van der Waals surface area contributed by atoms with E-state index in [9.17, 15) is 9.59 Å². The molecule has 8 heteroatoms. The molecule has 2 amide bonds. The van der Waals surface area contributed by atoms with Crippen LogP contribution in [0.2, 0.25) is 0 Å². The molecule has 0 radical (unpaired) electrons. The Morgan fingerprint density at radius 1 is 0.760 bits per heavy atom. The fraction of sp³-hybridized carbons (Fsp3) is 0.476. The average molecular weight is 673 g/mol. The predicted molar refractivity (Wildman–Crippen MR) is 202 cm³/mol. The number of aliphatic imine (C=N–C) groups is 1. The number of carbonyl (C=O) groups is 2. The van der Waals surface area contributed by atoms with Crippen LogP contribution in [0.15, 0.2) is 71.9 Å². The van der Waals surface area contributed by atoms with Crippen LogP contribution in [-0.2, 0) is 9.59 Å². The van der Waals surface area contributed by atoms with Crippen LogP contribution in [0.25, 0.3) is 33.2 Å². The maximum absolute atomic E-state index is 13.0. The van der Waals surface area contributed by atoms with Crippen LogP contribution in [0.5, 0.6) is 0 Å². The average Bonchev–Trinajstić information content (AvgIpc) is 3.90. The van der Waals surface area contributed by atoms with Gasteiger partial charge in [0.2, 0.25) is 11.8 Å². The standard InChI is InChI=1S/C42H52N6O2/c1-25(2)15-39(49)47-23-27(5)17-37(47)41-43-21-35(45-41)30-9-7-29(8-10-30)31-11-12-33-20-34(14-13-32(33)19-31)36-22-44-42(46-36)38-18-28(6)24-48(38)40(50)16-26(3)4/h7-14,19-21,25-28,37-38,42,44H,15-18,22-24H2,1-6H3,(H,43,45). The summed E-state index contributed by atoms with van der Waals surface area (Å²) >= 11 is 0. The molecule has 7 rings (SSSR count). The number of nitrogens with zero attached hydrogens (tertiary/aromatic N) is 4. The SMILES string of the molecule is CC(C)CC(=O)N1CC(C)CC1c1ncc(-c2ccc(-c3ccc4cc(C5=NC(C6CC(C)CN6C(=O)CC(C)C)NC5)ccc4c3)cc2)[nH]1. The first-order valence-electron chi connectivity index (χ1n) is 18.6. The number of hydrogen-bond donors (Lipinski definition) is 2. The summed E-state index contributed by atoms with van der Waals surface area (Å²) in [6.45, 7) is 15.2. The predicted octanol–water partition coefficient (Wildman–Crippen LogP) is 7.85. The van der Waals surface area contributed by atoms with Crippen LogP contribution < -0.4 is 5.32 Å². The topological polar surface area (TPSA) is 93.7 Å². The number of rotatable bonds is 9. The van der Waals surface area contributed by atoms with Gasteiger partial charge in [0.1, 0.15) is 12.0 Å². The first-order valence-corrected chi connectivity index (χ1v) is 18.6. The Morgan fingerprint density at radius 3 is 2.04 bits per heavy atom. The van der Waals surface area contributed by atoms with Crippen LogP contribution in [0.1, 0.15) is 84.7 Å². The van der Waals surface area contributed by atoms with Gasteiger partial charge in [-0.15, -0.1) is 0 Å². The molecule has 50 heavy (non-hydrogen) atoms. The second-order valence-electron chi connectivity index (χ2n) is 16.0. The number of carbonyl (C=O) groups excluding carboxylic acids is 2. The molecule has 4 heterocycles. The summed E-state index contributed by atoms with van der Waals surface area (Å²) in [6, 6.07) is 22.0. The van der Waals surface area contributed by atoms with E-state index in [0.717, 1.165) is 59.9 Å². The quantitative estimate of drug-likeness (QED) is 0.189. The highest BCUT2D eigenvalue weighted by Gasteiger charge is 2.40. The van der Waals surface area contributed by atoms with Crippen molar-refractivity contribution >= 4 is 28.3 Å². The molecule has 8 nitrogen and oxygen atoms in total. The third kappa shape index (κ3) is 7.13. The van der Waals surface area contributed by atoms with E-state index in [4.69, 9.17) is 9.98 Å². The van der Waals surface area contributed by atoms with Gasteiger partial charge in [-0.2, -0.15) is 0 Å². The summed E-state index contributed by atoms with van der Waals surface area (Å²) in [7, 11) is 0. The van der Waals surface area contributed by atoms with Crippen LogP contribution >= 0.6 is 0 Å². The molecule has 5 atom stereocenters. The van der Waals surface area contributed by atoms with Crippen molar-refractivity contribution in [1.29, 1.82) is 0 Å². The number of benzene rings is 3. The number of aromatic nitrogens is 2. The van der Waals surface area contributed by atoms with E-state index < -0.39 is 0 Å². The van der Waals surface area contributed by atoms with E-state index in [1.807, 2.05) is 11.1 Å². The molecular formula is C42H52N6O2. The summed E-state index contributed by atoms with van der Waals surface area (Å²) in [5.41, 5.74) is 6.57. The fourth-order valence-electron chi connectivity index (χ4n) is 8.14. The Balaban J connectivity index is 1.04. The van der Waals surface area contributed by atoms with E-state index in [0.29, 0.717) is 43.1 Å². The zero-order valence-electron chi connectivity index (χ0n) is 30.4. The molecule has 0 bridgehead atoms. The van der Waals surface area contributed by atoms with Gasteiger partial charge in [-0.1, -0.05) is 90.1 Å². The number of aromatic amines is 1. The monoisotopic (exact) mass is 672 g/mol. The van der Waals surface area contributed by atoms with Gasteiger partial charge < -0.3 is 14.8 Å². The van der Waals surface area contributed by atoms with E-state index in [2.05, 4.69) is 117 Å². The van der Waals surface area contributed by atoms with Crippen molar-refractivity contribution in [3.05, 3.63) is 78.2 Å². The lowest BCUT2D eigenvalue weighted by Crippen LogP contribution is -2.46. The Kier molecular flexibility index (Phi) is 9.66. The molecule has 0 saturated carbocycles. The van der Waals surface area contributed by atoms with Crippen molar-refractivity contribution in [2.45, 2.75) is 85.5 Å².